The van der Waals surface area contributed by atoms with Crippen LogP contribution >= 0.6 is 11.6 Å². The van der Waals surface area contributed by atoms with Gasteiger partial charge in [0.2, 0.25) is 5.91 Å². The average Bonchev–Trinajstić information content (AvgIpc) is 2.26. The highest BCUT2D eigenvalue weighted by Gasteiger charge is 2.06. The van der Waals surface area contributed by atoms with Gasteiger partial charge in [0.25, 0.3) is 0 Å². The van der Waals surface area contributed by atoms with Gasteiger partial charge in [-0.2, -0.15) is 0 Å². The number of rotatable bonds is 5. The Balaban J connectivity index is 2.67. The Bertz CT molecular complexity index is 393. The van der Waals surface area contributed by atoms with Crippen molar-refractivity contribution < 1.29 is 4.79 Å². The van der Waals surface area contributed by atoms with Crippen LogP contribution in [0.1, 0.15) is 6.42 Å². The minimum Gasteiger partial charge on any atom is -0.376 e. The molecule has 2 N–H and O–H groups in total. The number of halogens is 1. The van der Waals surface area contributed by atoms with Crippen LogP contribution in [-0.4, -0.2) is 33.6 Å². The van der Waals surface area contributed by atoms with Gasteiger partial charge in [-0.25, -0.2) is 0 Å². The summed E-state index contributed by atoms with van der Waals surface area (Å²) in [6.45, 7) is 0.662. The van der Waals surface area contributed by atoms with E-state index >= 15 is 0 Å². The van der Waals surface area contributed by atoms with Crippen molar-refractivity contribution in [3.05, 3.63) is 23.2 Å². The van der Waals surface area contributed by atoms with E-state index in [2.05, 4.69) is 10.6 Å². The molecule has 0 fully saturated rings. The summed E-state index contributed by atoms with van der Waals surface area (Å²) in [6, 6.07) is 5.49. The number of nitrogens with one attached hydrogen (secondary N) is 2. The summed E-state index contributed by atoms with van der Waals surface area (Å²) in [6.07, 6.45) is 0.448. The maximum atomic E-state index is 11.5. The summed E-state index contributed by atoms with van der Waals surface area (Å²) in [4.78, 5) is 13.4. The molecular weight excluding hydrogens is 238 g/mol. The zero-order valence-electron chi connectivity index (χ0n) is 10.4. The Labute approximate surface area is 107 Å². The first-order chi connectivity index (χ1) is 8.04. The quantitative estimate of drug-likeness (QED) is 0.845. The largest absolute Gasteiger partial charge is 0.376 e. The summed E-state index contributed by atoms with van der Waals surface area (Å²) in [5, 5.41) is 6.35. The van der Waals surface area contributed by atoms with Gasteiger partial charge < -0.3 is 15.5 Å². The van der Waals surface area contributed by atoms with Crippen LogP contribution in [0.3, 0.4) is 0 Å². The van der Waals surface area contributed by atoms with Crippen molar-refractivity contribution in [1.29, 1.82) is 0 Å². The van der Waals surface area contributed by atoms with E-state index in [4.69, 9.17) is 11.6 Å². The van der Waals surface area contributed by atoms with Crippen LogP contribution in [0.2, 0.25) is 5.02 Å². The molecule has 94 valence electrons. The highest BCUT2D eigenvalue weighted by atomic mass is 35.5. The van der Waals surface area contributed by atoms with Gasteiger partial charge in [-0.15, -0.1) is 0 Å². The fourth-order valence-electron chi connectivity index (χ4n) is 1.41. The smallest absolute Gasteiger partial charge is 0.225 e. The minimum absolute atomic E-state index is 0.0204. The molecule has 1 aromatic carbocycles. The van der Waals surface area contributed by atoms with E-state index in [-0.39, 0.29) is 5.91 Å². The highest BCUT2D eigenvalue weighted by Crippen LogP contribution is 2.27. The van der Waals surface area contributed by atoms with E-state index in [1.54, 1.807) is 6.07 Å². The van der Waals surface area contributed by atoms with E-state index in [1.807, 2.05) is 38.2 Å². The molecule has 17 heavy (non-hydrogen) atoms. The lowest BCUT2D eigenvalue weighted by molar-refractivity contribution is -0.116. The van der Waals surface area contributed by atoms with Gasteiger partial charge >= 0.3 is 0 Å². The molecule has 1 aromatic rings. The maximum absolute atomic E-state index is 11.5. The van der Waals surface area contributed by atoms with Crippen molar-refractivity contribution in [2.45, 2.75) is 6.42 Å². The van der Waals surface area contributed by atoms with Crippen LogP contribution < -0.4 is 15.5 Å². The predicted octanol–water partition coefficient (Wildman–Crippen LogP) is 1.95. The molecular formula is C12H18ClN3O. The second-order valence-electron chi connectivity index (χ2n) is 3.96. The monoisotopic (exact) mass is 255 g/mol. The Morgan fingerprint density at radius 1 is 1.41 bits per heavy atom. The van der Waals surface area contributed by atoms with Crippen molar-refractivity contribution >= 4 is 28.9 Å². The third-order valence-electron chi connectivity index (χ3n) is 2.32. The van der Waals surface area contributed by atoms with Crippen LogP contribution in [0.5, 0.6) is 0 Å². The fraction of sp³-hybridized carbons (Fsp3) is 0.417. The van der Waals surface area contributed by atoms with E-state index in [9.17, 15) is 4.79 Å². The zero-order chi connectivity index (χ0) is 12.8. The van der Waals surface area contributed by atoms with E-state index in [0.717, 1.165) is 11.4 Å². The summed E-state index contributed by atoms with van der Waals surface area (Å²) < 4.78 is 0. The number of hydrogen-bond acceptors (Lipinski definition) is 3. The SMILES string of the molecule is CNCCC(=O)Nc1ccc(N(C)C)c(Cl)c1. The molecule has 0 radical (unpaired) electrons. The molecule has 0 saturated carbocycles. The predicted molar refractivity (Wildman–Crippen MR) is 73.0 cm³/mol. The number of hydrogen-bond donors (Lipinski definition) is 2. The lowest BCUT2D eigenvalue weighted by Crippen LogP contribution is -2.18. The number of carbonyl (C=O) groups excluding carboxylic acids is 1. The molecule has 0 atom stereocenters. The van der Waals surface area contributed by atoms with Crippen molar-refractivity contribution in [3.8, 4) is 0 Å². The Morgan fingerprint density at radius 2 is 2.12 bits per heavy atom. The molecule has 4 nitrogen and oxygen atoms in total. The first-order valence-electron chi connectivity index (χ1n) is 5.46. The molecule has 5 heteroatoms. The van der Waals surface area contributed by atoms with Gasteiger partial charge in [-0.05, 0) is 25.2 Å². The number of nitrogens with zero attached hydrogens (tertiary/aromatic N) is 1. The van der Waals surface area contributed by atoms with Crippen molar-refractivity contribution in [3.63, 3.8) is 0 Å². The lowest BCUT2D eigenvalue weighted by Gasteiger charge is -2.15. The number of amides is 1. The van der Waals surface area contributed by atoms with Gasteiger partial charge in [0, 0.05) is 32.7 Å². The summed E-state index contributed by atoms with van der Waals surface area (Å²) in [5.74, 6) is -0.0204. The lowest BCUT2D eigenvalue weighted by atomic mass is 10.2. The molecule has 0 unspecified atom stereocenters. The second kappa shape index (κ2) is 6.47. The Morgan fingerprint density at radius 3 is 2.65 bits per heavy atom. The molecule has 0 aliphatic rings. The number of anilines is 2. The van der Waals surface area contributed by atoms with Crippen LogP contribution in [0.4, 0.5) is 11.4 Å². The first kappa shape index (κ1) is 13.8. The van der Waals surface area contributed by atoms with E-state index in [0.29, 0.717) is 18.0 Å². The summed E-state index contributed by atoms with van der Waals surface area (Å²) in [5.41, 5.74) is 1.65. The molecule has 0 aliphatic heterocycles. The van der Waals surface area contributed by atoms with Crippen molar-refractivity contribution in [2.75, 3.05) is 37.9 Å². The molecule has 0 saturated heterocycles. The Kier molecular flexibility index (Phi) is 5.25. The van der Waals surface area contributed by atoms with Gasteiger partial charge in [-0.1, -0.05) is 11.6 Å². The maximum Gasteiger partial charge on any atom is 0.225 e. The molecule has 0 spiro atoms. The second-order valence-corrected chi connectivity index (χ2v) is 4.37. The first-order valence-corrected chi connectivity index (χ1v) is 5.83. The molecule has 1 amide bonds. The van der Waals surface area contributed by atoms with Gasteiger partial charge in [0.15, 0.2) is 0 Å². The topological polar surface area (TPSA) is 44.4 Å². The van der Waals surface area contributed by atoms with Crippen LogP contribution in [-0.2, 0) is 4.79 Å². The third-order valence-corrected chi connectivity index (χ3v) is 2.62. The molecule has 1 rings (SSSR count). The van der Waals surface area contributed by atoms with E-state index in [1.165, 1.54) is 0 Å². The van der Waals surface area contributed by atoms with Gasteiger partial charge in [-0.3, -0.25) is 4.79 Å². The number of carbonyl (C=O) groups is 1. The highest BCUT2D eigenvalue weighted by molar-refractivity contribution is 6.33. The third kappa shape index (κ3) is 4.24. The zero-order valence-corrected chi connectivity index (χ0v) is 11.1. The molecule has 0 bridgehead atoms. The average molecular weight is 256 g/mol. The standard InChI is InChI=1S/C12H18ClN3O/c1-14-7-6-12(17)15-9-4-5-11(16(2)3)10(13)8-9/h4-5,8,14H,6-7H2,1-3H3,(H,15,17). The normalized spacial score (nSPS) is 10.1. The van der Waals surface area contributed by atoms with Gasteiger partial charge in [0.05, 0.1) is 10.7 Å². The van der Waals surface area contributed by atoms with Crippen LogP contribution in [0.15, 0.2) is 18.2 Å². The van der Waals surface area contributed by atoms with Crippen LogP contribution in [0, 0.1) is 0 Å². The van der Waals surface area contributed by atoms with Crippen LogP contribution in [0.25, 0.3) is 0 Å². The Hall–Kier alpha value is -1.26. The number of benzene rings is 1. The summed E-state index contributed by atoms with van der Waals surface area (Å²) in [7, 11) is 5.66. The fourth-order valence-corrected chi connectivity index (χ4v) is 1.76. The summed E-state index contributed by atoms with van der Waals surface area (Å²) >= 11 is 6.11. The minimum atomic E-state index is -0.0204. The van der Waals surface area contributed by atoms with Crippen molar-refractivity contribution in [2.24, 2.45) is 0 Å². The van der Waals surface area contributed by atoms with Crippen molar-refractivity contribution in [1.82, 2.24) is 5.32 Å². The van der Waals surface area contributed by atoms with Gasteiger partial charge in [0.1, 0.15) is 0 Å². The molecule has 0 heterocycles. The molecule has 0 aliphatic carbocycles. The van der Waals surface area contributed by atoms with E-state index < -0.39 is 0 Å². The molecule has 0 aromatic heterocycles.